The van der Waals surface area contributed by atoms with Crippen molar-refractivity contribution in [3.8, 4) is 5.75 Å². The zero-order chi connectivity index (χ0) is 11.1. The van der Waals surface area contributed by atoms with Gasteiger partial charge in [0.25, 0.3) is 0 Å². The van der Waals surface area contributed by atoms with Gasteiger partial charge >= 0.3 is 0 Å². The van der Waals surface area contributed by atoms with Crippen molar-refractivity contribution in [1.82, 2.24) is 0 Å². The number of hydrogen-bond donors (Lipinski definition) is 0. The monoisotopic (exact) mass is 209 g/mol. The second-order valence-corrected chi connectivity index (χ2v) is 3.27. The fraction of sp³-hybridized carbons (Fsp3) is 0.500. The SMILES string of the molecule is CCN(CCOC)c1ccc(OC)cc1. The molecule has 1 aromatic carbocycles. The van der Waals surface area contributed by atoms with Crippen molar-refractivity contribution in [2.24, 2.45) is 0 Å². The first-order valence-electron chi connectivity index (χ1n) is 5.19. The number of anilines is 1. The molecule has 0 atom stereocenters. The van der Waals surface area contributed by atoms with Crippen LogP contribution in [0.1, 0.15) is 6.92 Å². The van der Waals surface area contributed by atoms with Crippen LogP contribution >= 0.6 is 0 Å². The third kappa shape index (κ3) is 3.44. The van der Waals surface area contributed by atoms with Crippen LogP contribution in [0.15, 0.2) is 24.3 Å². The van der Waals surface area contributed by atoms with Crippen molar-refractivity contribution < 1.29 is 9.47 Å². The first-order valence-corrected chi connectivity index (χ1v) is 5.19. The molecule has 0 aromatic heterocycles. The Morgan fingerprint density at radius 2 is 1.80 bits per heavy atom. The molecule has 0 heterocycles. The predicted octanol–water partition coefficient (Wildman–Crippen LogP) is 2.17. The van der Waals surface area contributed by atoms with Gasteiger partial charge < -0.3 is 14.4 Å². The Balaban J connectivity index is 2.65. The molecule has 0 saturated carbocycles. The Kier molecular flexibility index (Phi) is 4.98. The van der Waals surface area contributed by atoms with Crippen LogP contribution in [0.25, 0.3) is 0 Å². The van der Waals surface area contributed by atoms with Gasteiger partial charge in [-0.1, -0.05) is 0 Å². The van der Waals surface area contributed by atoms with Gasteiger partial charge in [0, 0.05) is 25.9 Å². The number of rotatable bonds is 6. The summed E-state index contributed by atoms with van der Waals surface area (Å²) < 4.78 is 10.2. The summed E-state index contributed by atoms with van der Waals surface area (Å²) in [6.07, 6.45) is 0. The van der Waals surface area contributed by atoms with Crippen molar-refractivity contribution in [3.63, 3.8) is 0 Å². The third-order valence-electron chi connectivity index (χ3n) is 2.38. The molecule has 0 bridgehead atoms. The first-order chi connectivity index (χ1) is 7.31. The van der Waals surface area contributed by atoms with Crippen molar-refractivity contribution >= 4 is 5.69 Å². The standard InChI is InChI=1S/C12H19NO2/c1-4-13(9-10-14-2)11-5-7-12(15-3)8-6-11/h5-8H,4,9-10H2,1-3H3. The summed E-state index contributed by atoms with van der Waals surface area (Å²) in [6, 6.07) is 8.09. The molecule has 0 unspecified atom stereocenters. The summed E-state index contributed by atoms with van der Waals surface area (Å²) in [4.78, 5) is 2.27. The quantitative estimate of drug-likeness (QED) is 0.716. The Morgan fingerprint density at radius 1 is 1.13 bits per heavy atom. The number of likely N-dealkylation sites (N-methyl/N-ethyl adjacent to an activating group) is 1. The van der Waals surface area contributed by atoms with E-state index in [9.17, 15) is 0 Å². The summed E-state index contributed by atoms with van der Waals surface area (Å²) in [7, 11) is 3.40. The van der Waals surface area contributed by atoms with E-state index in [0.29, 0.717) is 0 Å². The molecule has 0 spiro atoms. The van der Waals surface area contributed by atoms with E-state index in [1.165, 1.54) is 5.69 Å². The van der Waals surface area contributed by atoms with Crippen LogP contribution in [0.3, 0.4) is 0 Å². The lowest BCUT2D eigenvalue weighted by Gasteiger charge is -2.22. The van der Waals surface area contributed by atoms with E-state index in [1.54, 1.807) is 14.2 Å². The predicted molar refractivity (Wildman–Crippen MR) is 62.8 cm³/mol. The number of methoxy groups -OCH3 is 2. The minimum atomic E-state index is 0.750. The highest BCUT2D eigenvalue weighted by atomic mass is 16.5. The van der Waals surface area contributed by atoms with Crippen molar-refractivity contribution in [2.75, 3.05) is 38.8 Å². The van der Waals surface area contributed by atoms with E-state index in [-0.39, 0.29) is 0 Å². The molecule has 15 heavy (non-hydrogen) atoms. The van der Waals surface area contributed by atoms with Crippen LogP contribution in [0.5, 0.6) is 5.75 Å². The number of hydrogen-bond acceptors (Lipinski definition) is 3. The van der Waals surface area contributed by atoms with Crippen molar-refractivity contribution in [2.45, 2.75) is 6.92 Å². The summed E-state index contributed by atoms with van der Waals surface area (Å²) in [5, 5.41) is 0. The molecule has 0 aliphatic carbocycles. The van der Waals surface area contributed by atoms with Crippen LogP contribution in [-0.2, 0) is 4.74 Å². The normalized spacial score (nSPS) is 10.1. The molecule has 1 aromatic rings. The smallest absolute Gasteiger partial charge is 0.119 e. The Morgan fingerprint density at radius 3 is 2.27 bits per heavy atom. The van der Waals surface area contributed by atoms with Crippen LogP contribution in [0.4, 0.5) is 5.69 Å². The van der Waals surface area contributed by atoms with Gasteiger partial charge in [-0.25, -0.2) is 0 Å². The lowest BCUT2D eigenvalue weighted by Crippen LogP contribution is -2.26. The molecule has 0 radical (unpaired) electrons. The van der Waals surface area contributed by atoms with Gasteiger partial charge in [-0.2, -0.15) is 0 Å². The van der Waals surface area contributed by atoms with E-state index in [1.807, 2.05) is 12.1 Å². The molecule has 0 amide bonds. The number of benzene rings is 1. The molecular weight excluding hydrogens is 190 g/mol. The highest BCUT2D eigenvalue weighted by Gasteiger charge is 2.03. The maximum atomic E-state index is 5.12. The molecule has 0 N–H and O–H groups in total. The minimum absolute atomic E-state index is 0.750. The van der Waals surface area contributed by atoms with E-state index in [4.69, 9.17) is 9.47 Å². The minimum Gasteiger partial charge on any atom is -0.497 e. The molecule has 1 rings (SSSR count). The second kappa shape index (κ2) is 6.30. The van der Waals surface area contributed by atoms with Crippen LogP contribution in [0, 0.1) is 0 Å². The number of nitrogens with zero attached hydrogens (tertiary/aromatic N) is 1. The van der Waals surface area contributed by atoms with E-state index >= 15 is 0 Å². The highest BCUT2D eigenvalue weighted by Crippen LogP contribution is 2.18. The van der Waals surface area contributed by atoms with Crippen LogP contribution in [0.2, 0.25) is 0 Å². The summed E-state index contributed by atoms with van der Waals surface area (Å²) >= 11 is 0. The van der Waals surface area contributed by atoms with Crippen LogP contribution in [-0.4, -0.2) is 33.9 Å². The van der Waals surface area contributed by atoms with Gasteiger partial charge in [0.15, 0.2) is 0 Å². The summed E-state index contributed by atoms with van der Waals surface area (Å²) in [5.74, 6) is 0.890. The second-order valence-electron chi connectivity index (χ2n) is 3.27. The van der Waals surface area contributed by atoms with Gasteiger partial charge in [0.2, 0.25) is 0 Å². The third-order valence-corrected chi connectivity index (χ3v) is 2.38. The van der Waals surface area contributed by atoms with E-state index < -0.39 is 0 Å². The van der Waals surface area contributed by atoms with E-state index in [0.717, 1.165) is 25.4 Å². The Bertz CT molecular complexity index is 271. The molecule has 0 saturated heterocycles. The lowest BCUT2D eigenvalue weighted by atomic mass is 10.2. The van der Waals surface area contributed by atoms with Gasteiger partial charge in [0.05, 0.1) is 13.7 Å². The Hall–Kier alpha value is -1.22. The molecule has 0 aliphatic heterocycles. The van der Waals surface area contributed by atoms with E-state index in [2.05, 4.69) is 24.0 Å². The van der Waals surface area contributed by atoms with Gasteiger partial charge in [-0.05, 0) is 31.2 Å². The topological polar surface area (TPSA) is 21.7 Å². The van der Waals surface area contributed by atoms with Gasteiger partial charge in [0.1, 0.15) is 5.75 Å². The maximum Gasteiger partial charge on any atom is 0.119 e. The zero-order valence-electron chi connectivity index (χ0n) is 9.69. The Labute approximate surface area is 91.6 Å². The number of ether oxygens (including phenoxy) is 2. The average molecular weight is 209 g/mol. The highest BCUT2D eigenvalue weighted by molar-refractivity contribution is 5.48. The zero-order valence-corrected chi connectivity index (χ0v) is 9.69. The molecular formula is C12H19NO2. The van der Waals surface area contributed by atoms with Gasteiger partial charge in [-0.15, -0.1) is 0 Å². The maximum absolute atomic E-state index is 5.12. The average Bonchev–Trinajstić information content (AvgIpc) is 2.31. The molecule has 84 valence electrons. The van der Waals surface area contributed by atoms with Crippen molar-refractivity contribution in [3.05, 3.63) is 24.3 Å². The summed E-state index contributed by atoms with van der Waals surface area (Å²) in [5.41, 5.74) is 1.20. The largest absolute Gasteiger partial charge is 0.497 e. The first kappa shape index (κ1) is 11.9. The fourth-order valence-electron chi connectivity index (χ4n) is 1.46. The van der Waals surface area contributed by atoms with Gasteiger partial charge in [-0.3, -0.25) is 0 Å². The molecule has 0 fully saturated rings. The summed E-state index contributed by atoms with van der Waals surface area (Å²) in [6.45, 7) is 4.79. The fourth-order valence-corrected chi connectivity index (χ4v) is 1.46. The molecule has 0 aliphatic rings. The molecule has 3 nitrogen and oxygen atoms in total. The lowest BCUT2D eigenvalue weighted by molar-refractivity contribution is 0.205. The van der Waals surface area contributed by atoms with Crippen LogP contribution < -0.4 is 9.64 Å². The van der Waals surface area contributed by atoms with Crippen molar-refractivity contribution in [1.29, 1.82) is 0 Å². The molecule has 3 heteroatoms.